The smallest absolute Gasteiger partial charge is 0.253 e. The first-order valence-corrected chi connectivity index (χ1v) is 6.00. The summed E-state index contributed by atoms with van der Waals surface area (Å²) in [5, 5.41) is 8.97. The summed E-state index contributed by atoms with van der Waals surface area (Å²) < 4.78 is 0. The summed E-state index contributed by atoms with van der Waals surface area (Å²) in [4.78, 5) is 17.7. The van der Waals surface area contributed by atoms with Crippen LogP contribution in [0.2, 0.25) is 0 Å². The molecule has 0 aliphatic rings. The zero-order valence-electron chi connectivity index (χ0n) is 10.5. The molecular weight excluding hydrogens is 216 g/mol. The number of pyridine rings is 1. The Bertz CT molecular complexity index is 366. The normalized spacial score (nSPS) is 10.3. The molecule has 0 saturated carbocycles. The monoisotopic (exact) mass is 236 g/mol. The van der Waals surface area contributed by atoms with E-state index in [0.717, 1.165) is 25.8 Å². The van der Waals surface area contributed by atoms with Gasteiger partial charge in [-0.05, 0) is 18.6 Å². The Morgan fingerprint density at radius 3 is 2.88 bits per heavy atom. The van der Waals surface area contributed by atoms with Gasteiger partial charge in [0.1, 0.15) is 0 Å². The van der Waals surface area contributed by atoms with Crippen LogP contribution < -0.4 is 0 Å². The van der Waals surface area contributed by atoms with E-state index in [-0.39, 0.29) is 12.5 Å². The third-order valence-electron chi connectivity index (χ3n) is 2.67. The Balaban J connectivity index is 2.61. The summed E-state index contributed by atoms with van der Waals surface area (Å²) >= 11 is 0. The van der Waals surface area contributed by atoms with Crippen LogP contribution in [0.25, 0.3) is 0 Å². The molecule has 4 nitrogen and oxygen atoms in total. The van der Waals surface area contributed by atoms with E-state index in [1.165, 1.54) is 0 Å². The lowest BCUT2D eigenvalue weighted by atomic mass is 10.2. The zero-order valence-corrected chi connectivity index (χ0v) is 10.5. The molecule has 1 amide bonds. The van der Waals surface area contributed by atoms with Crippen molar-refractivity contribution < 1.29 is 9.90 Å². The summed E-state index contributed by atoms with van der Waals surface area (Å²) in [5.41, 5.74) is 1.11. The molecule has 0 radical (unpaired) electrons. The number of unbranched alkanes of at least 4 members (excludes halogenated alkanes) is 2. The lowest BCUT2D eigenvalue weighted by Gasteiger charge is -2.17. The molecule has 1 aromatic rings. The van der Waals surface area contributed by atoms with Crippen LogP contribution in [0.15, 0.2) is 18.3 Å². The van der Waals surface area contributed by atoms with Gasteiger partial charge in [-0.1, -0.05) is 19.8 Å². The maximum atomic E-state index is 12.0. The summed E-state index contributed by atoms with van der Waals surface area (Å²) in [6.07, 6.45) is 4.86. The molecule has 1 N–H and O–H groups in total. The van der Waals surface area contributed by atoms with Gasteiger partial charge in [0.25, 0.3) is 5.91 Å². The van der Waals surface area contributed by atoms with Gasteiger partial charge in [0.2, 0.25) is 0 Å². The topological polar surface area (TPSA) is 53.4 Å². The highest BCUT2D eigenvalue weighted by atomic mass is 16.3. The molecule has 0 aromatic carbocycles. The first-order valence-electron chi connectivity index (χ1n) is 6.00. The van der Waals surface area contributed by atoms with Gasteiger partial charge in [-0.3, -0.25) is 9.78 Å². The summed E-state index contributed by atoms with van der Waals surface area (Å²) in [6, 6.07) is 3.32. The van der Waals surface area contributed by atoms with Crippen molar-refractivity contribution in [2.24, 2.45) is 0 Å². The quantitative estimate of drug-likeness (QED) is 0.767. The van der Waals surface area contributed by atoms with E-state index in [0.29, 0.717) is 11.3 Å². The van der Waals surface area contributed by atoms with Crippen LogP contribution in [0.1, 0.15) is 42.2 Å². The Kier molecular flexibility index (Phi) is 5.63. The highest BCUT2D eigenvalue weighted by molar-refractivity contribution is 5.94. The van der Waals surface area contributed by atoms with Gasteiger partial charge in [-0.25, -0.2) is 0 Å². The van der Waals surface area contributed by atoms with E-state index < -0.39 is 0 Å². The molecule has 0 unspecified atom stereocenters. The van der Waals surface area contributed by atoms with Crippen molar-refractivity contribution in [2.45, 2.75) is 32.8 Å². The molecule has 0 spiro atoms. The first-order chi connectivity index (χ1) is 8.19. The molecule has 1 rings (SSSR count). The molecule has 1 aromatic heterocycles. The maximum absolute atomic E-state index is 12.0. The number of nitrogens with zero attached hydrogens (tertiary/aromatic N) is 2. The van der Waals surface area contributed by atoms with Crippen LogP contribution in [0, 0.1) is 0 Å². The van der Waals surface area contributed by atoms with Gasteiger partial charge < -0.3 is 10.0 Å². The van der Waals surface area contributed by atoms with Gasteiger partial charge in [0.15, 0.2) is 0 Å². The van der Waals surface area contributed by atoms with Crippen molar-refractivity contribution >= 4 is 5.91 Å². The van der Waals surface area contributed by atoms with Crippen LogP contribution in [0.5, 0.6) is 0 Å². The standard InChI is InChI=1S/C13H20N2O2/c1-3-4-5-8-15(2)13(17)11-6-7-14-12(9-11)10-16/h6-7,9,16H,3-5,8,10H2,1-2H3. The first kappa shape index (κ1) is 13.6. The number of carbonyl (C=O) groups is 1. The lowest BCUT2D eigenvalue weighted by Crippen LogP contribution is -2.27. The number of hydrogen-bond donors (Lipinski definition) is 1. The number of aliphatic hydroxyl groups excluding tert-OH is 1. The van der Waals surface area contributed by atoms with E-state index in [1.54, 1.807) is 30.3 Å². The van der Waals surface area contributed by atoms with Crippen LogP contribution in [0.3, 0.4) is 0 Å². The van der Waals surface area contributed by atoms with Crippen LogP contribution >= 0.6 is 0 Å². The van der Waals surface area contributed by atoms with Gasteiger partial charge in [-0.15, -0.1) is 0 Å². The third-order valence-corrected chi connectivity index (χ3v) is 2.67. The Morgan fingerprint density at radius 2 is 2.24 bits per heavy atom. The van der Waals surface area contributed by atoms with Crippen molar-refractivity contribution in [1.29, 1.82) is 0 Å². The van der Waals surface area contributed by atoms with Gasteiger partial charge in [-0.2, -0.15) is 0 Å². The molecule has 0 fully saturated rings. The molecule has 4 heteroatoms. The number of hydrogen-bond acceptors (Lipinski definition) is 3. The highest BCUT2D eigenvalue weighted by Gasteiger charge is 2.11. The third kappa shape index (κ3) is 4.15. The van der Waals surface area contributed by atoms with E-state index in [1.807, 2.05) is 0 Å². The Hall–Kier alpha value is -1.42. The van der Waals surface area contributed by atoms with Crippen LogP contribution in [-0.4, -0.2) is 34.5 Å². The molecule has 0 bridgehead atoms. The van der Waals surface area contributed by atoms with E-state index in [4.69, 9.17) is 5.11 Å². The fourth-order valence-corrected chi connectivity index (χ4v) is 1.62. The second kappa shape index (κ2) is 7.01. The van der Waals surface area contributed by atoms with Crippen LogP contribution in [-0.2, 0) is 6.61 Å². The lowest BCUT2D eigenvalue weighted by molar-refractivity contribution is 0.0792. The molecule has 1 heterocycles. The Labute approximate surface area is 102 Å². The van der Waals surface area contributed by atoms with Crippen molar-refractivity contribution in [2.75, 3.05) is 13.6 Å². The molecule has 0 aliphatic heterocycles. The predicted octanol–water partition coefficient (Wildman–Crippen LogP) is 1.84. The SMILES string of the molecule is CCCCCN(C)C(=O)c1ccnc(CO)c1. The largest absolute Gasteiger partial charge is 0.390 e. The minimum Gasteiger partial charge on any atom is -0.390 e. The second-order valence-corrected chi connectivity index (χ2v) is 4.13. The van der Waals surface area contributed by atoms with Crippen molar-refractivity contribution in [1.82, 2.24) is 9.88 Å². The number of amides is 1. The predicted molar refractivity (Wildman–Crippen MR) is 66.6 cm³/mol. The fraction of sp³-hybridized carbons (Fsp3) is 0.538. The number of aliphatic hydroxyl groups is 1. The molecule has 17 heavy (non-hydrogen) atoms. The zero-order chi connectivity index (χ0) is 12.7. The number of rotatable bonds is 6. The average Bonchev–Trinajstić information content (AvgIpc) is 2.38. The Morgan fingerprint density at radius 1 is 1.47 bits per heavy atom. The fourth-order valence-electron chi connectivity index (χ4n) is 1.62. The molecule has 0 saturated heterocycles. The van der Waals surface area contributed by atoms with Gasteiger partial charge in [0, 0.05) is 25.4 Å². The molecular formula is C13H20N2O2. The maximum Gasteiger partial charge on any atom is 0.253 e. The summed E-state index contributed by atoms with van der Waals surface area (Å²) in [5.74, 6) is -0.0156. The molecule has 94 valence electrons. The van der Waals surface area contributed by atoms with Gasteiger partial charge in [0.05, 0.1) is 12.3 Å². The summed E-state index contributed by atoms with van der Waals surface area (Å²) in [7, 11) is 1.80. The van der Waals surface area contributed by atoms with Gasteiger partial charge >= 0.3 is 0 Å². The number of aromatic nitrogens is 1. The minimum absolute atomic E-state index is 0.0156. The van der Waals surface area contributed by atoms with E-state index in [9.17, 15) is 4.79 Å². The average molecular weight is 236 g/mol. The van der Waals surface area contributed by atoms with Crippen LogP contribution in [0.4, 0.5) is 0 Å². The molecule has 0 atom stereocenters. The second-order valence-electron chi connectivity index (χ2n) is 4.13. The van der Waals surface area contributed by atoms with Crippen molar-refractivity contribution in [3.05, 3.63) is 29.6 Å². The summed E-state index contributed by atoms with van der Waals surface area (Å²) in [6.45, 7) is 2.77. The molecule has 0 aliphatic carbocycles. The number of carbonyl (C=O) groups excluding carboxylic acids is 1. The minimum atomic E-state index is -0.138. The van der Waals surface area contributed by atoms with E-state index in [2.05, 4.69) is 11.9 Å². The van der Waals surface area contributed by atoms with E-state index >= 15 is 0 Å². The van der Waals surface area contributed by atoms with Crippen molar-refractivity contribution in [3.8, 4) is 0 Å². The van der Waals surface area contributed by atoms with Crippen molar-refractivity contribution in [3.63, 3.8) is 0 Å². The highest BCUT2D eigenvalue weighted by Crippen LogP contribution is 2.06.